The summed E-state index contributed by atoms with van der Waals surface area (Å²) >= 11 is 12.1. The molecule has 0 atom stereocenters. The molecule has 1 aliphatic heterocycles. The highest BCUT2D eigenvalue weighted by Crippen LogP contribution is 2.23. The SMILES string of the molecule is Cc1ccc(C)c(C(=O)N2CCN(Cc3ccc(Cl)c(Cl)c3)CC2)c1. The van der Waals surface area contributed by atoms with E-state index in [0.717, 1.165) is 55.0 Å². The average Bonchev–Trinajstić information content (AvgIpc) is 2.60. The highest BCUT2D eigenvalue weighted by molar-refractivity contribution is 6.42. The third-order valence-electron chi connectivity index (χ3n) is 4.67. The number of nitrogens with zero attached hydrogens (tertiary/aromatic N) is 2. The molecule has 0 unspecified atom stereocenters. The first-order valence-electron chi connectivity index (χ1n) is 8.47. The number of rotatable bonds is 3. The standard InChI is InChI=1S/C20H22Cl2N2O/c1-14-3-4-15(2)17(11-14)20(25)24-9-7-23(8-10-24)13-16-5-6-18(21)19(22)12-16/h3-6,11-12H,7-10,13H2,1-2H3. The van der Waals surface area contributed by atoms with Crippen LogP contribution in [-0.2, 0) is 6.54 Å². The molecule has 2 aromatic carbocycles. The molecule has 25 heavy (non-hydrogen) atoms. The van der Waals surface area contributed by atoms with Crippen LogP contribution >= 0.6 is 23.2 Å². The van der Waals surface area contributed by atoms with Crippen molar-refractivity contribution in [2.24, 2.45) is 0 Å². The van der Waals surface area contributed by atoms with Crippen LogP contribution < -0.4 is 0 Å². The first kappa shape index (κ1) is 18.2. The Morgan fingerprint density at radius 2 is 1.68 bits per heavy atom. The predicted molar refractivity (Wildman–Crippen MR) is 104 cm³/mol. The van der Waals surface area contributed by atoms with Gasteiger partial charge in [-0.25, -0.2) is 0 Å². The van der Waals surface area contributed by atoms with Crippen LogP contribution in [0.2, 0.25) is 10.0 Å². The van der Waals surface area contributed by atoms with Gasteiger partial charge in [-0.05, 0) is 43.2 Å². The summed E-state index contributed by atoms with van der Waals surface area (Å²) in [6, 6.07) is 11.8. The predicted octanol–water partition coefficient (Wildman–Crippen LogP) is 4.57. The third kappa shape index (κ3) is 4.35. The molecule has 1 heterocycles. The van der Waals surface area contributed by atoms with Crippen LogP contribution in [0.1, 0.15) is 27.0 Å². The van der Waals surface area contributed by atoms with Crippen molar-refractivity contribution in [3.05, 3.63) is 68.7 Å². The maximum atomic E-state index is 12.8. The normalized spacial score (nSPS) is 15.4. The second kappa shape index (κ2) is 7.77. The van der Waals surface area contributed by atoms with E-state index in [4.69, 9.17) is 23.2 Å². The molecule has 0 radical (unpaired) electrons. The van der Waals surface area contributed by atoms with E-state index >= 15 is 0 Å². The van der Waals surface area contributed by atoms with Crippen molar-refractivity contribution in [1.29, 1.82) is 0 Å². The van der Waals surface area contributed by atoms with Gasteiger partial charge in [0.2, 0.25) is 0 Å². The number of hydrogen-bond acceptors (Lipinski definition) is 2. The zero-order chi connectivity index (χ0) is 18.0. The fourth-order valence-electron chi connectivity index (χ4n) is 3.14. The molecule has 0 spiro atoms. The van der Waals surface area contributed by atoms with E-state index in [2.05, 4.69) is 4.90 Å². The van der Waals surface area contributed by atoms with Gasteiger partial charge in [0, 0.05) is 38.3 Å². The highest BCUT2D eigenvalue weighted by Gasteiger charge is 2.23. The summed E-state index contributed by atoms with van der Waals surface area (Å²) in [4.78, 5) is 17.1. The highest BCUT2D eigenvalue weighted by atomic mass is 35.5. The number of hydrogen-bond donors (Lipinski definition) is 0. The zero-order valence-corrected chi connectivity index (χ0v) is 16.1. The maximum Gasteiger partial charge on any atom is 0.254 e. The van der Waals surface area contributed by atoms with Gasteiger partial charge in [0.05, 0.1) is 10.0 Å². The minimum Gasteiger partial charge on any atom is -0.336 e. The number of amides is 1. The summed E-state index contributed by atoms with van der Waals surface area (Å²) in [6.07, 6.45) is 0. The molecule has 0 N–H and O–H groups in total. The quantitative estimate of drug-likeness (QED) is 0.783. The molecular formula is C20H22Cl2N2O. The van der Waals surface area contributed by atoms with E-state index in [-0.39, 0.29) is 5.91 Å². The van der Waals surface area contributed by atoms with Gasteiger partial charge in [-0.3, -0.25) is 9.69 Å². The van der Waals surface area contributed by atoms with Crippen molar-refractivity contribution in [2.45, 2.75) is 20.4 Å². The summed E-state index contributed by atoms with van der Waals surface area (Å²) in [5.41, 5.74) is 4.11. The lowest BCUT2D eigenvalue weighted by molar-refractivity contribution is 0.0627. The summed E-state index contributed by atoms with van der Waals surface area (Å²) in [7, 11) is 0. The maximum absolute atomic E-state index is 12.8. The van der Waals surface area contributed by atoms with Crippen molar-refractivity contribution in [3.8, 4) is 0 Å². The van der Waals surface area contributed by atoms with Gasteiger partial charge in [-0.1, -0.05) is 47.0 Å². The van der Waals surface area contributed by atoms with Crippen LogP contribution in [0.3, 0.4) is 0 Å². The van der Waals surface area contributed by atoms with Crippen molar-refractivity contribution in [1.82, 2.24) is 9.80 Å². The zero-order valence-electron chi connectivity index (χ0n) is 14.6. The summed E-state index contributed by atoms with van der Waals surface area (Å²) in [5.74, 6) is 0.135. The summed E-state index contributed by atoms with van der Waals surface area (Å²) in [5, 5.41) is 1.16. The molecule has 5 heteroatoms. The van der Waals surface area contributed by atoms with Crippen LogP contribution in [0.5, 0.6) is 0 Å². The Morgan fingerprint density at radius 1 is 0.960 bits per heavy atom. The molecule has 132 valence electrons. The topological polar surface area (TPSA) is 23.6 Å². The fraction of sp³-hybridized carbons (Fsp3) is 0.350. The molecule has 1 amide bonds. The van der Waals surface area contributed by atoms with Crippen molar-refractivity contribution in [3.63, 3.8) is 0 Å². The van der Waals surface area contributed by atoms with Gasteiger partial charge in [0.1, 0.15) is 0 Å². The monoisotopic (exact) mass is 376 g/mol. The first-order valence-corrected chi connectivity index (χ1v) is 9.22. The van der Waals surface area contributed by atoms with Gasteiger partial charge in [-0.15, -0.1) is 0 Å². The molecule has 3 nitrogen and oxygen atoms in total. The Hall–Kier alpha value is -1.55. The summed E-state index contributed by atoms with van der Waals surface area (Å²) in [6.45, 7) is 8.04. The Labute approximate surface area is 159 Å². The molecule has 2 aromatic rings. The fourth-order valence-corrected chi connectivity index (χ4v) is 3.46. The van der Waals surface area contributed by atoms with Crippen LogP contribution in [0.15, 0.2) is 36.4 Å². The molecule has 1 fully saturated rings. The smallest absolute Gasteiger partial charge is 0.254 e. The van der Waals surface area contributed by atoms with Crippen molar-refractivity contribution in [2.75, 3.05) is 26.2 Å². The van der Waals surface area contributed by atoms with Crippen LogP contribution in [-0.4, -0.2) is 41.9 Å². The molecular weight excluding hydrogens is 355 g/mol. The lowest BCUT2D eigenvalue weighted by Crippen LogP contribution is -2.48. The van der Waals surface area contributed by atoms with E-state index in [1.165, 1.54) is 0 Å². The van der Waals surface area contributed by atoms with Gasteiger partial charge >= 0.3 is 0 Å². The van der Waals surface area contributed by atoms with Crippen molar-refractivity contribution >= 4 is 29.1 Å². The van der Waals surface area contributed by atoms with Gasteiger partial charge in [-0.2, -0.15) is 0 Å². The molecule has 0 aromatic heterocycles. The lowest BCUT2D eigenvalue weighted by Gasteiger charge is -2.35. The Balaban J connectivity index is 1.60. The number of piperazine rings is 1. The van der Waals surface area contributed by atoms with E-state index < -0.39 is 0 Å². The second-order valence-electron chi connectivity index (χ2n) is 6.64. The molecule has 3 rings (SSSR count). The molecule has 1 saturated heterocycles. The number of halogens is 2. The van der Waals surface area contributed by atoms with Crippen LogP contribution in [0, 0.1) is 13.8 Å². The number of carbonyl (C=O) groups is 1. The van der Waals surface area contributed by atoms with E-state index in [0.29, 0.717) is 10.0 Å². The lowest BCUT2D eigenvalue weighted by atomic mass is 10.0. The van der Waals surface area contributed by atoms with Gasteiger partial charge in [0.15, 0.2) is 0 Å². The van der Waals surface area contributed by atoms with Gasteiger partial charge < -0.3 is 4.90 Å². The second-order valence-corrected chi connectivity index (χ2v) is 7.45. The Kier molecular flexibility index (Phi) is 5.67. The largest absolute Gasteiger partial charge is 0.336 e. The Bertz CT molecular complexity index is 783. The first-order chi connectivity index (χ1) is 11.9. The van der Waals surface area contributed by atoms with Crippen LogP contribution in [0.4, 0.5) is 0 Å². The minimum absolute atomic E-state index is 0.135. The molecule has 1 aliphatic rings. The van der Waals surface area contributed by atoms with E-state index in [1.807, 2.05) is 55.1 Å². The third-order valence-corrected chi connectivity index (χ3v) is 5.41. The van der Waals surface area contributed by atoms with Gasteiger partial charge in [0.25, 0.3) is 5.91 Å². The number of carbonyl (C=O) groups excluding carboxylic acids is 1. The van der Waals surface area contributed by atoms with Crippen LogP contribution in [0.25, 0.3) is 0 Å². The molecule has 0 bridgehead atoms. The van der Waals surface area contributed by atoms with Crippen molar-refractivity contribution < 1.29 is 4.79 Å². The minimum atomic E-state index is 0.135. The van der Waals surface area contributed by atoms with E-state index in [9.17, 15) is 4.79 Å². The number of benzene rings is 2. The Morgan fingerprint density at radius 3 is 2.36 bits per heavy atom. The molecule has 0 saturated carbocycles. The summed E-state index contributed by atoms with van der Waals surface area (Å²) < 4.78 is 0. The molecule has 0 aliphatic carbocycles. The average molecular weight is 377 g/mol. The number of aryl methyl sites for hydroxylation is 2. The van der Waals surface area contributed by atoms with E-state index in [1.54, 1.807) is 0 Å².